The van der Waals surface area contributed by atoms with Gasteiger partial charge in [-0.3, -0.25) is 0 Å². The molecule has 0 heterocycles. The Bertz CT molecular complexity index is 337. The van der Waals surface area contributed by atoms with Gasteiger partial charge >= 0.3 is 15.5 Å². The van der Waals surface area contributed by atoms with E-state index in [0.717, 1.165) is 12.1 Å². The minimum atomic E-state index is -4.30. The van der Waals surface area contributed by atoms with Crippen LogP contribution in [0.3, 0.4) is 0 Å². The van der Waals surface area contributed by atoms with E-state index in [4.69, 9.17) is 8.85 Å². The molecule has 0 aliphatic carbocycles. The maximum atomic E-state index is 12.4. The standard InChI is InChI=1S/C10H13F3O2Si/c1-14-16(15-2)7-8-4-3-5-9(6-8)10(11,12)13/h3-6,16H,7H2,1-2H3. The third kappa shape index (κ3) is 3.62. The number of hydrogen-bond acceptors (Lipinski definition) is 2. The highest BCUT2D eigenvalue weighted by Gasteiger charge is 2.30. The number of alkyl halides is 3. The zero-order valence-electron chi connectivity index (χ0n) is 9.04. The molecular weight excluding hydrogens is 237 g/mol. The minimum absolute atomic E-state index is 0.428. The highest BCUT2D eigenvalue weighted by molar-refractivity contribution is 6.43. The van der Waals surface area contributed by atoms with Gasteiger partial charge in [0, 0.05) is 20.3 Å². The zero-order valence-corrected chi connectivity index (χ0v) is 10.2. The third-order valence-electron chi connectivity index (χ3n) is 2.18. The number of benzene rings is 1. The van der Waals surface area contributed by atoms with Gasteiger partial charge in [-0.15, -0.1) is 0 Å². The average molecular weight is 250 g/mol. The number of hydrogen-bond donors (Lipinski definition) is 0. The summed E-state index contributed by atoms with van der Waals surface area (Å²) in [5, 5.41) is 0. The molecule has 0 N–H and O–H groups in total. The van der Waals surface area contributed by atoms with Crippen molar-refractivity contribution in [2.45, 2.75) is 12.2 Å². The van der Waals surface area contributed by atoms with Crippen LogP contribution in [0.25, 0.3) is 0 Å². The lowest BCUT2D eigenvalue weighted by molar-refractivity contribution is -0.137. The molecule has 2 nitrogen and oxygen atoms in total. The molecule has 0 aliphatic rings. The maximum Gasteiger partial charge on any atom is 0.416 e. The Morgan fingerprint density at radius 3 is 2.31 bits per heavy atom. The van der Waals surface area contributed by atoms with Gasteiger partial charge < -0.3 is 8.85 Å². The highest BCUT2D eigenvalue weighted by atomic mass is 28.3. The summed E-state index contributed by atoms with van der Waals surface area (Å²) in [6.45, 7) is 0. The topological polar surface area (TPSA) is 18.5 Å². The molecule has 1 rings (SSSR count). The predicted octanol–water partition coefficient (Wildman–Crippen LogP) is 2.30. The zero-order chi connectivity index (χ0) is 12.2. The summed E-state index contributed by atoms with van der Waals surface area (Å²) in [6, 6.07) is 5.66. The third-order valence-corrected chi connectivity index (χ3v) is 4.04. The van der Waals surface area contributed by atoms with Gasteiger partial charge in [0.1, 0.15) is 0 Å². The summed E-state index contributed by atoms with van der Waals surface area (Å²) in [6.07, 6.45) is -4.30. The van der Waals surface area contributed by atoms with E-state index in [0.29, 0.717) is 11.6 Å². The van der Waals surface area contributed by atoms with Gasteiger partial charge in [-0.25, -0.2) is 0 Å². The van der Waals surface area contributed by atoms with E-state index in [2.05, 4.69) is 0 Å². The molecule has 1 aromatic carbocycles. The van der Waals surface area contributed by atoms with Gasteiger partial charge in [-0.2, -0.15) is 13.2 Å². The van der Waals surface area contributed by atoms with Crippen molar-refractivity contribution in [2.24, 2.45) is 0 Å². The molecule has 0 aromatic heterocycles. The van der Waals surface area contributed by atoms with Crippen molar-refractivity contribution in [1.29, 1.82) is 0 Å². The SMILES string of the molecule is CO[SiH](Cc1cccc(C(F)(F)F)c1)OC. The largest absolute Gasteiger partial charge is 0.416 e. The predicted molar refractivity (Wildman–Crippen MR) is 56.3 cm³/mol. The molecule has 1 aromatic rings. The molecule has 0 spiro atoms. The molecule has 16 heavy (non-hydrogen) atoms. The summed E-state index contributed by atoms with van der Waals surface area (Å²) in [5.74, 6) is 0. The second-order valence-corrected chi connectivity index (χ2v) is 5.51. The fraction of sp³-hybridized carbons (Fsp3) is 0.400. The summed E-state index contributed by atoms with van der Waals surface area (Å²) in [4.78, 5) is 0. The first kappa shape index (κ1) is 13.2. The van der Waals surface area contributed by atoms with E-state index in [1.807, 2.05) is 0 Å². The first-order valence-electron chi connectivity index (χ1n) is 4.69. The average Bonchev–Trinajstić information content (AvgIpc) is 2.25. The van der Waals surface area contributed by atoms with Crippen LogP contribution in [0.2, 0.25) is 0 Å². The van der Waals surface area contributed by atoms with Gasteiger partial charge in [0.2, 0.25) is 0 Å². The van der Waals surface area contributed by atoms with Crippen LogP contribution in [0.1, 0.15) is 11.1 Å². The summed E-state index contributed by atoms with van der Waals surface area (Å²) < 4.78 is 47.4. The first-order chi connectivity index (χ1) is 7.47. The lowest BCUT2D eigenvalue weighted by Gasteiger charge is -2.12. The highest BCUT2D eigenvalue weighted by Crippen LogP contribution is 2.29. The van der Waals surface area contributed by atoms with Crippen LogP contribution in [-0.2, 0) is 21.1 Å². The lowest BCUT2D eigenvalue weighted by atomic mass is 10.1. The number of rotatable bonds is 4. The molecule has 0 saturated heterocycles. The Hall–Kier alpha value is -0.853. The van der Waals surface area contributed by atoms with E-state index in [1.54, 1.807) is 6.07 Å². The van der Waals surface area contributed by atoms with Crippen LogP contribution in [-0.4, -0.2) is 23.5 Å². The van der Waals surface area contributed by atoms with E-state index < -0.39 is 21.0 Å². The van der Waals surface area contributed by atoms with Crippen LogP contribution < -0.4 is 0 Å². The van der Waals surface area contributed by atoms with Gasteiger partial charge in [-0.05, 0) is 11.6 Å². The summed E-state index contributed by atoms with van der Waals surface area (Å²) in [7, 11) is 1.16. The van der Waals surface area contributed by atoms with Gasteiger partial charge in [0.05, 0.1) is 5.56 Å². The molecule has 90 valence electrons. The summed E-state index contributed by atoms with van der Waals surface area (Å²) in [5.41, 5.74) is -0.0415. The van der Waals surface area contributed by atoms with Crippen molar-refractivity contribution in [1.82, 2.24) is 0 Å². The van der Waals surface area contributed by atoms with Crippen molar-refractivity contribution in [3.8, 4) is 0 Å². The Kier molecular flexibility index (Phi) is 4.52. The van der Waals surface area contributed by atoms with Crippen LogP contribution >= 0.6 is 0 Å². The van der Waals surface area contributed by atoms with Crippen LogP contribution in [0.5, 0.6) is 0 Å². The van der Waals surface area contributed by atoms with E-state index >= 15 is 0 Å². The molecule has 0 amide bonds. The molecule has 0 radical (unpaired) electrons. The van der Waals surface area contributed by atoms with Gasteiger partial charge in [0.15, 0.2) is 0 Å². The second-order valence-electron chi connectivity index (χ2n) is 3.30. The Morgan fingerprint density at radius 2 is 1.81 bits per heavy atom. The van der Waals surface area contributed by atoms with Crippen LogP contribution in [0.15, 0.2) is 24.3 Å². The van der Waals surface area contributed by atoms with E-state index in [9.17, 15) is 13.2 Å². The lowest BCUT2D eigenvalue weighted by Crippen LogP contribution is -2.22. The van der Waals surface area contributed by atoms with Crippen LogP contribution in [0.4, 0.5) is 13.2 Å². The fourth-order valence-electron chi connectivity index (χ4n) is 1.33. The molecule has 0 bridgehead atoms. The van der Waals surface area contributed by atoms with Crippen molar-refractivity contribution in [3.63, 3.8) is 0 Å². The van der Waals surface area contributed by atoms with Gasteiger partial charge in [0.25, 0.3) is 0 Å². The number of halogens is 3. The molecule has 6 heteroatoms. The Morgan fingerprint density at radius 1 is 1.19 bits per heavy atom. The van der Waals surface area contributed by atoms with Crippen molar-refractivity contribution < 1.29 is 22.0 Å². The normalized spacial score (nSPS) is 12.1. The molecule has 0 aliphatic heterocycles. The quantitative estimate of drug-likeness (QED) is 0.763. The molecule has 0 saturated carbocycles. The Balaban J connectivity index is 2.82. The van der Waals surface area contributed by atoms with Crippen LogP contribution in [0, 0.1) is 0 Å². The van der Waals surface area contributed by atoms with Gasteiger partial charge in [-0.1, -0.05) is 18.2 Å². The molecular formula is C10H13F3O2Si. The van der Waals surface area contributed by atoms with Crippen molar-refractivity contribution in [2.75, 3.05) is 14.2 Å². The summed E-state index contributed by atoms with van der Waals surface area (Å²) >= 11 is 0. The molecule has 0 unspecified atom stereocenters. The Labute approximate surface area is 93.8 Å². The smallest absolute Gasteiger partial charge is 0.400 e. The first-order valence-corrected chi connectivity index (χ1v) is 6.45. The fourth-order valence-corrected chi connectivity index (χ4v) is 2.49. The van der Waals surface area contributed by atoms with E-state index in [1.165, 1.54) is 20.3 Å². The molecule has 0 fully saturated rings. The second kappa shape index (κ2) is 5.47. The van der Waals surface area contributed by atoms with Crippen molar-refractivity contribution in [3.05, 3.63) is 35.4 Å². The monoisotopic (exact) mass is 250 g/mol. The maximum absolute atomic E-state index is 12.4. The molecule has 0 atom stereocenters. The van der Waals surface area contributed by atoms with Crippen molar-refractivity contribution >= 4 is 9.28 Å². The minimum Gasteiger partial charge on any atom is -0.400 e. The van der Waals surface area contributed by atoms with E-state index in [-0.39, 0.29) is 0 Å².